The van der Waals surface area contributed by atoms with Gasteiger partial charge in [0.25, 0.3) is 5.91 Å². The second-order valence-electron chi connectivity index (χ2n) is 5.96. The molecular formula is C17H27NO8. The molecule has 0 aromatic rings. The van der Waals surface area contributed by atoms with Gasteiger partial charge in [0.2, 0.25) is 5.78 Å². The van der Waals surface area contributed by atoms with Crippen LogP contribution in [0.25, 0.3) is 0 Å². The van der Waals surface area contributed by atoms with Gasteiger partial charge in [0, 0.05) is 39.5 Å². The van der Waals surface area contributed by atoms with Gasteiger partial charge in [-0.05, 0) is 13.8 Å². The predicted octanol–water partition coefficient (Wildman–Crippen LogP) is -0.0245. The van der Waals surface area contributed by atoms with E-state index in [0.717, 1.165) is 12.2 Å². The predicted molar refractivity (Wildman–Crippen MR) is 91.2 cm³/mol. The second kappa shape index (κ2) is 12.2. The van der Waals surface area contributed by atoms with Crippen LogP contribution in [0.15, 0.2) is 12.2 Å². The van der Waals surface area contributed by atoms with E-state index in [-0.39, 0.29) is 32.9 Å². The normalized spacial score (nSPS) is 11.3. The number of esters is 2. The first-order chi connectivity index (χ1) is 12.2. The maximum Gasteiger partial charge on any atom is 0.331 e. The summed E-state index contributed by atoms with van der Waals surface area (Å²) in [6.07, 6.45) is 1.79. The van der Waals surface area contributed by atoms with Crippen molar-refractivity contribution in [1.29, 1.82) is 0 Å². The van der Waals surface area contributed by atoms with Crippen molar-refractivity contribution in [1.82, 2.24) is 4.90 Å². The largest absolute Gasteiger partial charge is 0.466 e. The van der Waals surface area contributed by atoms with Crippen molar-refractivity contribution in [3.63, 3.8) is 0 Å². The highest BCUT2D eigenvalue weighted by Gasteiger charge is 2.36. The van der Waals surface area contributed by atoms with Crippen molar-refractivity contribution >= 4 is 23.6 Å². The van der Waals surface area contributed by atoms with E-state index in [0.29, 0.717) is 0 Å². The standard InChI is InChI=1S/C17H27NO8/c1-17(2,12-26-14(20)7-6-13(19)25-5)15(21)16(22)18(8-10-23-3)9-11-24-4/h6-7H,8-12H2,1-5H3/b7-6+. The van der Waals surface area contributed by atoms with E-state index in [4.69, 9.17) is 14.2 Å². The summed E-state index contributed by atoms with van der Waals surface area (Å²) in [5, 5.41) is 0. The lowest BCUT2D eigenvalue weighted by Gasteiger charge is -2.27. The van der Waals surface area contributed by atoms with Crippen LogP contribution in [0.5, 0.6) is 0 Å². The zero-order valence-electron chi connectivity index (χ0n) is 15.9. The number of nitrogens with zero attached hydrogens (tertiary/aromatic N) is 1. The first-order valence-electron chi connectivity index (χ1n) is 7.94. The van der Waals surface area contributed by atoms with Gasteiger partial charge in [0.15, 0.2) is 0 Å². The fourth-order valence-corrected chi connectivity index (χ4v) is 1.72. The van der Waals surface area contributed by atoms with Crippen LogP contribution in [0.4, 0.5) is 0 Å². The average molecular weight is 373 g/mol. The number of Topliss-reactive ketones (excluding diaryl/α,β-unsaturated/α-hetero) is 1. The van der Waals surface area contributed by atoms with E-state index in [1.165, 1.54) is 40.1 Å². The summed E-state index contributed by atoms with van der Waals surface area (Å²) in [5.41, 5.74) is -1.23. The Morgan fingerprint density at radius 3 is 1.85 bits per heavy atom. The molecule has 0 saturated carbocycles. The molecule has 0 atom stereocenters. The van der Waals surface area contributed by atoms with Gasteiger partial charge >= 0.3 is 11.9 Å². The van der Waals surface area contributed by atoms with Crippen LogP contribution in [0.2, 0.25) is 0 Å². The third kappa shape index (κ3) is 8.72. The van der Waals surface area contributed by atoms with Crippen molar-refractivity contribution in [2.45, 2.75) is 13.8 Å². The minimum atomic E-state index is -1.23. The highest BCUT2D eigenvalue weighted by molar-refractivity contribution is 6.38. The van der Waals surface area contributed by atoms with Crippen LogP contribution in [0.1, 0.15) is 13.8 Å². The van der Waals surface area contributed by atoms with Crippen LogP contribution < -0.4 is 0 Å². The first kappa shape index (κ1) is 23.7. The number of rotatable bonds is 12. The Balaban J connectivity index is 4.83. The number of hydrogen-bond donors (Lipinski definition) is 0. The highest BCUT2D eigenvalue weighted by Crippen LogP contribution is 2.19. The van der Waals surface area contributed by atoms with Crippen LogP contribution in [-0.4, -0.2) is 82.8 Å². The minimum absolute atomic E-state index is 0.238. The lowest BCUT2D eigenvalue weighted by molar-refractivity contribution is -0.154. The molecule has 9 heteroatoms. The average Bonchev–Trinajstić information content (AvgIpc) is 2.63. The Labute approximate surface area is 153 Å². The number of methoxy groups -OCH3 is 3. The summed E-state index contributed by atoms with van der Waals surface area (Å²) in [6, 6.07) is 0. The van der Waals surface area contributed by atoms with E-state index in [1.54, 1.807) is 0 Å². The van der Waals surface area contributed by atoms with Crippen molar-refractivity contribution in [2.24, 2.45) is 5.41 Å². The first-order valence-corrected chi connectivity index (χ1v) is 7.94. The monoisotopic (exact) mass is 373 g/mol. The Hall–Kier alpha value is -2.26. The summed E-state index contributed by atoms with van der Waals surface area (Å²) in [4.78, 5) is 48.8. The van der Waals surface area contributed by atoms with Gasteiger partial charge in [-0.3, -0.25) is 9.59 Å². The maximum atomic E-state index is 12.5. The molecule has 0 saturated heterocycles. The number of hydrogen-bond acceptors (Lipinski definition) is 8. The Morgan fingerprint density at radius 1 is 0.885 bits per heavy atom. The summed E-state index contributed by atoms with van der Waals surface area (Å²) in [5.74, 6) is -2.93. The highest BCUT2D eigenvalue weighted by atomic mass is 16.5. The second-order valence-corrected chi connectivity index (χ2v) is 5.96. The molecule has 0 aliphatic rings. The van der Waals surface area contributed by atoms with E-state index < -0.39 is 29.0 Å². The minimum Gasteiger partial charge on any atom is -0.466 e. The molecule has 0 fully saturated rings. The number of carbonyl (C=O) groups is 4. The zero-order valence-corrected chi connectivity index (χ0v) is 15.9. The summed E-state index contributed by atoms with van der Waals surface area (Å²) < 4.78 is 19.2. The smallest absolute Gasteiger partial charge is 0.331 e. The number of carbonyl (C=O) groups excluding carboxylic acids is 4. The Bertz CT molecular complexity index is 519. The Kier molecular flexibility index (Phi) is 11.1. The molecule has 26 heavy (non-hydrogen) atoms. The van der Waals surface area contributed by atoms with E-state index in [2.05, 4.69) is 4.74 Å². The van der Waals surface area contributed by atoms with Gasteiger partial charge in [-0.15, -0.1) is 0 Å². The molecular weight excluding hydrogens is 346 g/mol. The molecule has 0 N–H and O–H groups in total. The lowest BCUT2D eigenvalue weighted by Crippen LogP contribution is -2.46. The molecule has 9 nitrogen and oxygen atoms in total. The summed E-state index contributed by atoms with van der Waals surface area (Å²) >= 11 is 0. The molecule has 0 aromatic carbocycles. The molecule has 0 heterocycles. The van der Waals surface area contributed by atoms with Crippen molar-refractivity contribution in [2.75, 3.05) is 54.2 Å². The molecule has 1 amide bonds. The van der Waals surface area contributed by atoms with E-state index >= 15 is 0 Å². The third-order valence-corrected chi connectivity index (χ3v) is 3.36. The third-order valence-electron chi connectivity index (χ3n) is 3.36. The fourth-order valence-electron chi connectivity index (χ4n) is 1.72. The van der Waals surface area contributed by atoms with Crippen LogP contribution in [0, 0.1) is 5.41 Å². The van der Waals surface area contributed by atoms with Crippen LogP contribution >= 0.6 is 0 Å². The zero-order chi connectivity index (χ0) is 20.2. The number of ketones is 1. The molecule has 0 unspecified atom stereocenters. The molecule has 0 aliphatic heterocycles. The Morgan fingerprint density at radius 2 is 1.38 bits per heavy atom. The topological polar surface area (TPSA) is 108 Å². The van der Waals surface area contributed by atoms with Gasteiger partial charge in [0.05, 0.1) is 25.7 Å². The SMILES string of the molecule is COCCN(CCOC)C(=O)C(=O)C(C)(C)COC(=O)/C=C/C(=O)OC. The quantitative estimate of drug-likeness (QED) is 0.267. The fraction of sp³-hybridized carbons (Fsp3) is 0.647. The van der Waals surface area contributed by atoms with Crippen LogP contribution in [0.3, 0.4) is 0 Å². The lowest BCUT2D eigenvalue weighted by atomic mass is 9.88. The van der Waals surface area contributed by atoms with Crippen molar-refractivity contribution in [3.8, 4) is 0 Å². The van der Waals surface area contributed by atoms with Gasteiger partial charge in [-0.1, -0.05) is 0 Å². The van der Waals surface area contributed by atoms with Gasteiger partial charge in [0.1, 0.15) is 6.61 Å². The summed E-state index contributed by atoms with van der Waals surface area (Å²) in [6.45, 7) is 3.70. The van der Waals surface area contributed by atoms with Gasteiger partial charge in [-0.25, -0.2) is 9.59 Å². The molecule has 0 aromatic heterocycles. The van der Waals surface area contributed by atoms with Crippen molar-refractivity contribution in [3.05, 3.63) is 12.2 Å². The van der Waals surface area contributed by atoms with E-state index in [9.17, 15) is 19.2 Å². The van der Waals surface area contributed by atoms with Gasteiger partial charge < -0.3 is 23.8 Å². The molecule has 0 bridgehead atoms. The molecule has 0 radical (unpaired) electrons. The number of ether oxygens (including phenoxy) is 4. The molecule has 148 valence electrons. The van der Waals surface area contributed by atoms with Crippen molar-refractivity contribution < 1.29 is 38.1 Å². The maximum absolute atomic E-state index is 12.5. The van der Waals surface area contributed by atoms with Crippen LogP contribution in [-0.2, 0) is 38.1 Å². The molecule has 0 rings (SSSR count). The molecule has 0 aliphatic carbocycles. The van der Waals surface area contributed by atoms with Gasteiger partial charge in [-0.2, -0.15) is 0 Å². The number of amides is 1. The molecule has 0 spiro atoms. The van der Waals surface area contributed by atoms with E-state index in [1.807, 2.05) is 0 Å². The summed E-state index contributed by atoms with van der Waals surface area (Å²) in [7, 11) is 4.16.